The van der Waals surface area contributed by atoms with Gasteiger partial charge in [0.25, 0.3) is 5.56 Å². The molecule has 1 aliphatic rings. The van der Waals surface area contributed by atoms with Crippen LogP contribution in [0, 0.1) is 12.8 Å². The van der Waals surface area contributed by atoms with Crippen LogP contribution in [-0.2, 0) is 21.4 Å². The lowest BCUT2D eigenvalue weighted by Crippen LogP contribution is -2.38. The van der Waals surface area contributed by atoms with Gasteiger partial charge in [-0.3, -0.25) is 9.59 Å². The summed E-state index contributed by atoms with van der Waals surface area (Å²) in [6.45, 7) is 4.54. The Morgan fingerprint density at radius 1 is 1.12 bits per heavy atom. The van der Waals surface area contributed by atoms with Crippen molar-refractivity contribution in [3.8, 4) is 5.75 Å². The summed E-state index contributed by atoms with van der Waals surface area (Å²) in [4.78, 5) is 26.0. The largest absolute Gasteiger partial charge is 0.495 e. The lowest BCUT2D eigenvalue weighted by atomic mass is 10.0. The number of rotatable bonds is 6. The van der Waals surface area contributed by atoms with E-state index in [1.54, 1.807) is 36.4 Å². The van der Waals surface area contributed by atoms with Gasteiger partial charge in [0, 0.05) is 30.1 Å². The number of aryl methyl sites for hydroxylation is 1. The van der Waals surface area contributed by atoms with Crippen molar-refractivity contribution < 1.29 is 17.9 Å². The molecule has 8 nitrogen and oxygen atoms in total. The Labute approximate surface area is 199 Å². The maximum atomic E-state index is 13.6. The van der Waals surface area contributed by atoms with Crippen molar-refractivity contribution in [2.75, 3.05) is 25.5 Å². The number of piperidine rings is 1. The number of benzene rings is 2. The van der Waals surface area contributed by atoms with Crippen molar-refractivity contribution in [1.29, 1.82) is 0 Å². The third-order valence-electron chi connectivity index (χ3n) is 6.26. The zero-order chi connectivity index (χ0) is 24.5. The predicted octanol–water partition coefficient (Wildman–Crippen LogP) is 3.38. The molecule has 34 heavy (non-hydrogen) atoms. The summed E-state index contributed by atoms with van der Waals surface area (Å²) in [5.74, 6) is 0.503. The fraction of sp³-hybridized carbons (Fsp3) is 0.360. The standard InChI is InChI=1S/C25H29N3O5S/c1-17-10-12-28(13-11-17)34(31,32)23-15-27(25(30)20-7-5-4-6-19(20)23)16-24(29)26-21-14-18(2)8-9-22(21)33-3/h4-9,14-15,17H,10-13,16H2,1-3H3,(H,26,29). The number of nitrogens with zero attached hydrogens (tertiary/aromatic N) is 2. The van der Waals surface area contributed by atoms with Crippen LogP contribution < -0.4 is 15.6 Å². The molecule has 0 spiro atoms. The van der Waals surface area contributed by atoms with Crippen molar-refractivity contribution in [2.24, 2.45) is 5.92 Å². The van der Waals surface area contributed by atoms with Crippen LogP contribution in [0.5, 0.6) is 5.75 Å². The zero-order valence-corrected chi connectivity index (χ0v) is 20.4. The van der Waals surface area contributed by atoms with Crippen LogP contribution >= 0.6 is 0 Å². The molecule has 2 heterocycles. The number of aromatic nitrogens is 1. The Morgan fingerprint density at radius 3 is 2.47 bits per heavy atom. The highest BCUT2D eigenvalue weighted by Crippen LogP contribution is 2.28. The summed E-state index contributed by atoms with van der Waals surface area (Å²) < 4.78 is 35.1. The monoisotopic (exact) mass is 483 g/mol. The van der Waals surface area contributed by atoms with Crippen LogP contribution in [-0.4, -0.2) is 43.4 Å². The number of sulfonamides is 1. The average Bonchev–Trinajstić information content (AvgIpc) is 2.81. The van der Waals surface area contributed by atoms with Crippen molar-refractivity contribution >= 4 is 32.4 Å². The minimum absolute atomic E-state index is 0.0400. The molecular weight excluding hydrogens is 454 g/mol. The summed E-state index contributed by atoms with van der Waals surface area (Å²) >= 11 is 0. The fourth-order valence-electron chi connectivity index (χ4n) is 4.26. The Bertz CT molecular complexity index is 1390. The molecule has 4 rings (SSSR count). The first-order chi connectivity index (χ1) is 16.2. The normalized spacial score (nSPS) is 15.4. The minimum atomic E-state index is -3.84. The second-order valence-corrected chi connectivity index (χ2v) is 10.7. The van der Waals surface area contributed by atoms with Crippen molar-refractivity contribution in [3.63, 3.8) is 0 Å². The Balaban J connectivity index is 1.72. The Morgan fingerprint density at radius 2 is 1.79 bits per heavy atom. The van der Waals surface area contributed by atoms with E-state index in [2.05, 4.69) is 12.2 Å². The van der Waals surface area contributed by atoms with Gasteiger partial charge in [-0.25, -0.2) is 8.42 Å². The van der Waals surface area contributed by atoms with Crippen LogP contribution in [0.25, 0.3) is 10.8 Å². The van der Waals surface area contributed by atoms with E-state index in [0.717, 1.165) is 18.4 Å². The number of nitrogens with one attached hydrogen (secondary N) is 1. The number of carbonyl (C=O) groups excluding carboxylic acids is 1. The lowest BCUT2D eigenvalue weighted by Gasteiger charge is -2.30. The molecule has 1 N–H and O–H groups in total. The number of anilines is 1. The van der Waals surface area contributed by atoms with E-state index in [-0.39, 0.29) is 16.8 Å². The second-order valence-electron chi connectivity index (χ2n) is 8.81. The second kappa shape index (κ2) is 9.60. The number of hydrogen-bond acceptors (Lipinski definition) is 5. The van der Waals surface area contributed by atoms with E-state index in [1.807, 2.05) is 13.0 Å². The third kappa shape index (κ3) is 4.71. The Hall–Kier alpha value is -3.17. The van der Waals surface area contributed by atoms with Gasteiger partial charge < -0.3 is 14.6 Å². The van der Waals surface area contributed by atoms with Gasteiger partial charge in [-0.15, -0.1) is 0 Å². The minimum Gasteiger partial charge on any atom is -0.495 e. The third-order valence-corrected chi connectivity index (χ3v) is 8.19. The van der Waals surface area contributed by atoms with Crippen LogP contribution in [0.15, 0.2) is 58.4 Å². The van der Waals surface area contributed by atoms with E-state index in [9.17, 15) is 18.0 Å². The number of amides is 1. The van der Waals surface area contributed by atoms with E-state index >= 15 is 0 Å². The highest BCUT2D eigenvalue weighted by Gasteiger charge is 2.30. The molecule has 1 aliphatic heterocycles. The van der Waals surface area contributed by atoms with Crippen molar-refractivity contribution in [2.45, 2.75) is 38.1 Å². The lowest BCUT2D eigenvalue weighted by molar-refractivity contribution is -0.116. The van der Waals surface area contributed by atoms with E-state index < -0.39 is 21.5 Å². The SMILES string of the molecule is COc1ccc(C)cc1NC(=O)Cn1cc(S(=O)(=O)N2CCC(C)CC2)c2ccccc2c1=O. The molecule has 9 heteroatoms. The van der Waals surface area contributed by atoms with Crippen LogP contribution in [0.4, 0.5) is 5.69 Å². The van der Waals surface area contributed by atoms with Gasteiger partial charge in [-0.1, -0.05) is 31.2 Å². The van der Waals surface area contributed by atoms with E-state index in [4.69, 9.17) is 4.74 Å². The summed E-state index contributed by atoms with van der Waals surface area (Å²) in [6, 6.07) is 12.0. The quantitative estimate of drug-likeness (QED) is 0.580. The summed E-state index contributed by atoms with van der Waals surface area (Å²) in [7, 11) is -2.33. The average molecular weight is 484 g/mol. The molecular formula is C25H29N3O5S. The highest BCUT2D eigenvalue weighted by molar-refractivity contribution is 7.89. The molecule has 0 aliphatic carbocycles. The fourth-order valence-corrected chi connectivity index (χ4v) is 5.95. The number of fused-ring (bicyclic) bond motifs is 1. The molecule has 1 amide bonds. The molecule has 3 aromatic rings. The molecule has 180 valence electrons. The molecule has 0 radical (unpaired) electrons. The van der Waals surface area contributed by atoms with Crippen molar-refractivity contribution in [3.05, 3.63) is 64.6 Å². The molecule has 0 unspecified atom stereocenters. The highest BCUT2D eigenvalue weighted by atomic mass is 32.2. The van der Waals surface area contributed by atoms with Gasteiger partial charge in [0.15, 0.2) is 0 Å². The van der Waals surface area contributed by atoms with E-state index in [1.165, 1.54) is 22.2 Å². The molecule has 1 aromatic heterocycles. The van der Waals surface area contributed by atoms with Gasteiger partial charge in [0.2, 0.25) is 15.9 Å². The number of carbonyl (C=O) groups is 1. The first kappa shape index (κ1) is 24.0. The molecule has 2 aromatic carbocycles. The number of ether oxygens (including phenoxy) is 1. The first-order valence-corrected chi connectivity index (χ1v) is 12.7. The molecule has 0 bridgehead atoms. The van der Waals surface area contributed by atoms with Crippen molar-refractivity contribution in [1.82, 2.24) is 8.87 Å². The molecule has 1 saturated heterocycles. The first-order valence-electron chi connectivity index (χ1n) is 11.3. The maximum absolute atomic E-state index is 13.6. The van der Waals surface area contributed by atoms with E-state index in [0.29, 0.717) is 35.8 Å². The summed E-state index contributed by atoms with van der Waals surface area (Å²) in [5.41, 5.74) is 0.994. The molecule has 0 atom stereocenters. The summed E-state index contributed by atoms with van der Waals surface area (Å²) in [6.07, 6.45) is 2.88. The topological polar surface area (TPSA) is 97.7 Å². The van der Waals surface area contributed by atoms with Gasteiger partial charge >= 0.3 is 0 Å². The number of methoxy groups -OCH3 is 1. The van der Waals surface area contributed by atoms with Gasteiger partial charge in [0.05, 0.1) is 12.8 Å². The van der Waals surface area contributed by atoms with Crippen LogP contribution in [0.2, 0.25) is 0 Å². The summed E-state index contributed by atoms with van der Waals surface area (Å²) in [5, 5.41) is 3.39. The number of hydrogen-bond donors (Lipinski definition) is 1. The van der Waals surface area contributed by atoms with Crippen LogP contribution in [0.3, 0.4) is 0 Å². The van der Waals surface area contributed by atoms with Gasteiger partial charge in [-0.05, 0) is 49.4 Å². The Kier molecular flexibility index (Phi) is 6.77. The zero-order valence-electron chi connectivity index (χ0n) is 19.6. The smallest absolute Gasteiger partial charge is 0.258 e. The predicted molar refractivity (Wildman–Crippen MR) is 132 cm³/mol. The van der Waals surface area contributed by atoms with Gasteiger partial charge in [0.1, 0.15) is 17.2 Å². The molecule has 1 fully saturated rings. The maximum Gasteiger partial charge on any atom is 0.258 e. The van der Waals surface area contributed by atoms with Crippen LogP contribution in [0.1, 0.15) is 25.3 Å². The van der Waals surface area contributed by atoms with Gasteiger partial charge in [-0.2, -0.15) is 4.31 Å². The molecule has 0 saturated carbocycles. The number of pyridine rings is 1.